The number of aryl methyl sites for hydroxylation is 1. The van der Waals surface area contributed by atoms with Crippen molar-refractivity contribution in [3.63, 3.8) is 0 Å². The summed E-state index contributed by atoms with van der Waals surface area (Å²) in [5, 5.41) is 0. The number of furan rings is 1. The fourth-order valence-corrected chi connectivity index (χ4v) is 0.989. The van der Waals surface area contributed by atoms with E-state index < -0.39 is 0 Å². The fraction of sp³-hybridized carbons (Fsp3) is 0.400. The van der Waals surface area contributed by atoms with Crippen LogP contribution in [-0.2, 0) is 6.42 Å². The molecule has 0 aliphatic rings. The highest BCUT2D eigenvalue weighted by molar-refractivity contribution is 5.15. The van der Waals surface area contributed by atoms with E-state index in [0.29, 0.717) is 5.92 Å². The van der Waals surface area contributed by atoms with Gasteiger partial charge in [-0.25, -0.2) is 0 Å². The molecule has 1 heterocycles. The van der Waals surface area contributed by atoms with E-state index in [-0.39, 0.29) is 0 Å². The molecule has 0 fully saturated rings. The van der Waals surface area contributed by atoms with Crippen molar-refractivity contribution >= 4 is 0 Å². The lowest BCUT2D eigenvalue weighted by Crippen LogP contribution is -1.94. The molecular formula is C10H14O. The fourth-order valence-electron chi connectivity index (χ4n) is 0.989. The van der Waals surface area contributed by atoms with Gasteiger partial charge in [-0.05, 0) is 24.5 Å². The Hall–Kier alpha value is -0.980. The molecule has 60 valence electrons. The minimum atomic E-state index is 0.500. The van der Waals surface area contributed by atoms with Gasteiger partial charge in [0.05, 0.1) is 6.26 Å². The summed E-state index contributed by atoms with van der Waals surface area (Å²) in [5.74, 6) is 1.58. The smallest absolute Gasteiger partial charge is 0.107 e. The zero-order chi connectivity index (χ0) is 8.27. The van der Waals surface area contributed by atoms with E-state index in [1.807, 2.05) is 12.1 Å². The minimum absolute atomic E-state index is 0.500. The molecule has 0 aliphatic carbocycles. The van der Waals surface area contributed by atoms with Crippen molar-refractivity contribution in [2.75, 3.05) is 0 Å². The van der Waals surface area contributed by atoms with Crippen LogP contribution in [-0.4, -0.2) is 0 Å². The lowest BCUT2D eigenvalue weighted by atomic mass is 10.1. The Bertz CT molecular complexity index is 235. The molecule has 1 nitrogen and oxygen atoms in total. The zero-order valence-corrected chi connectivity index (χ0v) is 7.13. The monoisotopic (exact) mass is 150 g/mol. The van der Waals surface area contributed by atoms with Crippen LogP contribution >= 0.6 is 0 Å². The van der Waals surface area contributed by atoms with Crippen LogP contribution in [0.4, 0.5) is 0 Å². The summed E-state index contributed by atoms with van der Waals surface area (Å²) in [7, 11) is 0. The van der Waals surface area contributed by atoms with Crippen molar-refractivity contribution in [1.29, 1.82) is 0 Å². The molecule has 0 spiro atoms. The van der Waals surface area contributed by atoms with Crippen LogP contribution in [0, 0.1) is 12.8 Å². The molecule has 1 rings (SSSR count). The van der Waals surface area contributed by atoms with Gasteiger partial charge in [-0.3, -0.25) is 0 Å². The first-order valence-corrected chi connectivity index (χ1v) is 3.89. The Morgan fingerprint density at radius 2 is 2.45 bits per heavy atom. The molecule has 1 unspecified atom stereocenters. The molecule has 1 aromatic rings. The lowest BCUT2D eigenvalue weighted by molar-refractivity contribution is 0.483. The van der Waals surface area contributed by atoms with Gasteiger partial charge in [-0.2, -0.15) is 0 Å². The third-order valence-corrected chi connectivity index (χ3v) is 1.88. The van der Waals surface area contributed by atoms with Gasteiger partial charge >= 0.3 is 0 Å². The predicted octanol–water partition coefficient (Wildman–Crippen LogP) is 2.95. The molecule has 0 saturated carbocycles. The number of rotatable bonds is 3. The number of allylic oxidation sites excluding steroid dienone is 1. The maximum Gasteiger partial charge on any atom is 0.107 e. The summed E-state index contributed by atoms with van der Waals surface area (Å²) < 4.78 is 5.29. The van der Waals surface area contributed by atoms with Crippen LogP contribution in [0.5, 0.6) is 0 Å². The van der Waals surface area contributed by atoms with Gasteiger partial charge in [0, 0.05) is 6.42 Å². The highest BCUT2D eigenvalue weighted by Crippen LogP contribution is 2.14. The average molecular weight is 150 g/mol. The normalized spacial score (nSPS) is 12.9. The highest BCUT2D eigenvalue weighted by Gasteiger charge is 2.04. The topological polar surface area (TPSA) is 13.1 Å². The van der Waals surface area contributed by atoms with E-state index in [1.54, 1.807) is 6.26 Å². The second-order valence-electron chi connectivity index (χ2n) is 2.94. The summed E-state index contributed by atoms with van der Waals surface area (Å²) in [5.41, 5.74) is 1.23. The third-order valence-electron chi connectivity index (χ3n) is 1.88. The van der Waals surface area contributed by atoms with Crippen molar-refractivity contribution in [3.8, 4) is 0 Å². The van der Waals surface area contributed by atoms with Gasteiger partial charge in [-0.1, -0.05) is 13.0 Å². The first-order valence-electron chi connectivity index (χ1n) is 3.89. The van der Waals surface area contributed by atoms with Crippen molar-refractivity contribution < 1.29 is 4.42 Å². The molecule has 0 N–H and O–H groups in total. The van der Waals surface area contributed by atoms with Gasteiger partial charge in [0.2, 0.25) is 0 Å². The summed E-state index contributed by atoms with van der Waals surface area (Å²) >= 11 is 0. The molecule has 11 heavy (non-hydrogen) atoms. The largest absolute Gasteiger partial charge is 0.469 e. The molecule has 0 radical (unpaired) electrons. The molecule has 1 aromatic heterocycles. The molecule has 0 aliphatic heterocycles. The Morgan fingerprint density at radius 1 is 1.73 bits per heavy atom. The number of hydrogen-bond donors (Lipinski definition) is 0. The maximum atomic E-state index is 5.29. The molecule has 0 amide bonds. The molecular weight excluding hydrogens is 136 g/mol. The van der Waals surface area contributed by atoms with Crippen LogP contribution in [0.3, 0.4) is 0 Å². The zero-order valence-electron chi connectivity index (χ0n) is 7.13. The van der Waals surface area contributed by atoms with Gasteiger partial charge < -0.3 is 4.42 Å². The Kier molecular flexibility index (Phi) is 2.53. The standard InChI is InChI=1S/C10H14O/c1-4-8(2)7-10-9(3)5-6-11-10/h4-6,8H,1,7H2,2-3H3. The van der Waals surface area contributed by atoms with Crippen LogP contribution in [0.2, 0.25) is 0 Å². The third kappa shape index (κ3) is 1.97. The Balaban J connectivity index is 2.63. The van der Waals surface area contributed by atoms with E-state index >= 15 is 0 Å². The molecule has 0 bridgehead atoms. The Labute approximate surface area is 67.7 Å². The number of hydrogen-bond acceptors (Lipinski definition) is 1. The van der Waals surface area contributed by atoms with Crippen molar-refractivity contribution in [2.45, 2.75) is 20.3 Å². The molecule has 0 saturated heterocycles. The summed E-state index contributed by atoms with van der Waals surface area (Å²) in [6.07, 6.45) is 4.64. The van der Waals surface area contributed by atoms with Crippen LogP contribution < -0.4 is 0 Å². The second-order valence-corrected chi connectivity index (χ2v) is 2.94. The minimum Gasteiger partial charge on any atom is -0.469 e. The van der Waals surface area contributed by atoms with E-state index in [4.69, 9.17) is 4.42 Å². The molecule has 1 heteroatoms. The SMILES string of the molecule is C=CC(C)Cc1occc1C. The van der Waals surface area contributed by atoms with Crippen molar-refractivity contribution in [3.05, 3.63) is 36.3 Å². The first-order chi connectivity index (χ1) is 5.24. The first kappa shape index (κ1) is 8.12. The van der Waals surface area contributed by atoms with Crippen molar-refractivity contribution in [2.24, 2.45) is 5.92 Å². The average Bonchev–Trinajstić information content (AvgIpc) is 2.37. The van der Waals surface area contributed by atoms with E-state index in [1.165, 1.54) is 5.56 Å². The van der Waals surface area contributed by atoms with Gasteiger partial charge in [0.15, 0.2) is 0 Å². The highest BCUT2D eigenvalue weighted by atomic mass is 16.3. The van der Waals surface area contributed by atoms with Crippen molar-refractivity contribution in [1.82, 2.24) is 0 Å². The van der Waals surface area contributed by atoms with E-state index in [9.17, 15) is 0 Å². The molecule has 0 aromatic carbocycles. The predicted molar refractivity (Wildman–Crippen MR) is 46.5 cm³/mol. The van der Waals surface area contributed by atoms with Crippen LogP contribution in [0.25, 0.3) is 0 Å². The summed E-state index contributed by atoms with van der Waals surface area (Å²) in [4.78, 5) is 0. The van der Waals surface area contributed by atoms with Gasteiger partial charge in [0.25, 0.3) is 0 Å². The second kappa shape index (κ2) is 3.42. The van der Waals surface area contributed by atoms with Gasteiger partial charge in [0.1, 0.15) is 5.76 Å². The van der Waals surface area contributed by atoms with E-state index in [2.05, 4.69) is 20.4 Å². The summed E-state index contributed by atoms with van der Waals surface area (Å²) in [6, 6.07) is 1.99. The lowest BCUT2D eigenvalue weighted by Gasteiger charge is -2.02. The van der Waals surface area contributed by atoms with Gasteiger partial charge in [-0.15, -0.1) is 6.58 Å². The molecule has 1 atom stereocenters. The quantitative estimate of drug-likeness (QED) is 0.604. The van der Waals surface area contributed by atoms with E-state index in [0.717, 1.165) is 12.2 Å². The summed E-state index contributed by atoms with van der Waals surface area (Å²) in [6.45, 7) is 7.93. The maximum absolute atomic E-state index is 5.29. The van der Waals surface area contributed by atoms with Crippen LogP contribution in [0.15, 0.2) is 29.4 Å². The Morgan fingerprint density at radius 3 is 2.91 bits per heavy atom. The van der Waals surface area contributed by atoms with Crippen LogP contribution in [0.1, 0.15) is 18.2 Å².